The molecule has 0 amide bonds. The first-order chi connectivity index (χ1) is 12.5. The van der Waals surface area contributed by atoms with Gasteiger partial charge >= 0.3 is 0 Å². The maximum absolute atomic E-state index is 12.5. The minimum absolute atomic E-state index is 0.312. The average Bonchev–Trinajstić information content (AvgIpc) is 2.65. The first-order valence-electron chi connectivity index (χ1n) is 8.28. The van der Waals surface area contributed by atoms with Gasteiger partial charge in [0.15, 0.2) is 0 Å². The van der Waals surface area contributed by atoms with E-state index in [9.17, 15) is 8.42 Å². The second-order valence-electron chi connectivity index (χ2n) is 5.94. The van der Waals surface area contributed by atoms with E-state index in [1.807, 2.05) is 24.3 Å². The van der Waals surface area contributed by atoms with E-state index in [2.05, 4.69) is 10.3 Å². The van der Waals surface area contributed by atoms with Crippen LogP contribution in [0, 0.1) is 0 Å². The van der Waals surface area contributed by atoms with Gasteiger partial charge in [-0.15, -0.1) is 0 Å². The van der Waals surface area contributed by atoms with Gasteiger partial charge in [0.2, 0.25) is 10.0 Å². The molecule has 26 heavy (non-hydrogen) atoms. The Kier molecular flexibility index (Phi) is 5.76. The summed E-state index contributed by atoms with van der Waals surface area (Å²) in [5.41, 5.74) is 1.78. The molecule has 5 nitrogen and oxygen atoms in total. The maximum Gasteiger partial charge on any atom is 0.242 e. The lowest BCUT2D eigenvalue weighted by Gasteiger charge is -2.17. The lowest BCUT2D eigenvalue weighted by molar-refractivity contribution is 0.465. The zero-order valence-corrected chi connectivity index (χ0v) is 16.0. The second kappa shape index (κ2) is 8.03. The fourth-order valence-corrected chi connectivity index (χ4v) is 4.09. The van der Waals surface area contributed by atoms with Crippen molar-refractivity contribution in [1.82, 2.24) is 9.29 Å². The molecule has 1 heterocycles. The van der Waals surface area contributed by atoms with E-state index in [-0.39, 0.29) is 0 Å². The van der Waals surface area contributed by atoms with Crippen molar-refractivity contribution >= 4 is 38.2 Å². The number of nitrogens with zero attached hydrogens (tertiary/aromatic N) is 2. The number of aromatic nitrogens is 1. The molecule has 1 N–H and O–H groups in total. The molecule has 1 aromatic heterocycles. The molecule has 0 aliphatic rings. The smallest absolute Gasteiger partial charge is 0.242 e. The number of benzene rings is 2. The molecular formula is C19H20ClN3O2S. The summed E-state index contributed by atoms with van der Waals surface area (Å²) in [7, 11) is -1.84. The van der Waals surface area contributed by atoms with Crippen molar-refractivity contribution in [2.75, 3.05) is 25.5 Å². The lowest BCUT2D eigenvalue weighted by atomic mass is 10.2. The van der Waals surface area contributed by atoms with Gasteiger partial charge in [0.25, 0.3) is 0 Å². The molecule has 0 spiro atoms. The van der Waals surface area contributed by atoms with Gasteiger partial charge in [-0.25, -0.2) is 12.7 Å². The summed E-state index contributed by atoms with van der Waals surface area (Å²) >= 11 is 6.00. The number of halogens is 1. The van der Waals surface area contributed by atoms with Crippen molar-refractivity contribution < 1.29 is 8.42 Å². The van der Waals surface area contributed by atoms with Gasteiger partial charge in [0, 0.05) is 42.4 Å². The molecule has 0 unspecified atom stereocenters. The van der Waals surface area contributed by atoms with E-state index in [1.54, 1.807) is 43.6 Å². The quantitative estimate of drug-likeness (QED) is 0.620. The third-order valence-electron chi connectivity index (χ3n) is 4.12. The van der Waals surface area contributed by atoms with Crippen molar-refractivity contribution in [2.45, 2.75) is 11.3 Å². The van der Waals surface area contributed by atoms with Crippen LogP contribution in [0.2, 0.25) is 5.02 Å². The molecule has 0 atom stereocenters. The molecule has 0 aliphatic carbocycles. The molecular weight excluding hydrogens is 370 g/mol. The Morgan fingerprint density at radius 1 is 1.12 bits per heavy atom. The molecule has 0 saturated carbocycles. The van der Waals surface area contributed by atoms with Gasteiger partial charge in [0.1, 0.15) is 0 Å². The van der Waals surface area contributed by atoms with E-state index in [4.69, 9.17) is 11.6 Å². The summed E-state index contributed by atoms with van der Waals surface area (Å²) in [5.74, 6) is 0. The van der Waals surface area contributed by atoms with Crippen LogP contribution in [0.25, 0.3) is 10.9 Å². The number of pyridine rings is 1. The highest BCUT2D eigenvalue weighted by molar-refractivity contribution is 7.89. The van der Waals surface area contributed by atoms with Gasteiger partial charge in [-0.3, -0.25) is 4.98 Å². The molecule has 0 aliphatic heterocycles. The molecule has 3 aromatic rings. The minimum atomic E-state index is -3.44. The second-order valence-corrected chi connectivity index (χ2v) is 8.42. The summed E-state index contributed by atoms with van der Waals surface area (Å²) in [6, 6.07) is 16.0. The van der Waals surface area contributed by atoms with Gasteiger partial charge in [-0.1, -0.05) is 29.8 Å². The van der Waals surface area contributed by atoms with E-state index < -0.39 is 10.0 Å². The van der Waals surface area contributed by atoms with Gasteiger partial charge in [-0.05, 0) is 42.8 Å². The van der Waals surface area contributed by atoms with E-state index in [0.29, 0.717) is 29.4 Å². The summed E-state index contributed by atoms with van der Waals surface area (Å²) < 4.78 is 26.4. The highest BCUT2D eigenvalue weighted by atomic mass is 35.5. The average molecular weight is 390 g/mol. The highest BCUT2D eigenvalue weighted by Crippen LogP contribution is 2.24. The third-order valence-corrected chi connectivity index (χ3v) is 6.23. The first kappa shape index (κ1) is 18.6. The predicted octanol–water partition coefficient (Wildman–Crippen LogP) is 4.01. The van der Waals surface area contributed by atoms with Crippen LogP contribution in [0.15, 0.2) is 65.7 Å². The number of sulfonamides is 1. The Morgan fingerprint density at radius 3 is 2.65 bits per heavy atom. The summed E-state index contributed by atoms with van der Waals surface area (Å²) in [5, 5.41) is 4.99. The standard InChI is InChI=1S/C19H20ClN3O2S/c1-23(26(24,25)16-6-3-2-4-7-16)13-5-11-21-18-10-12-22-19-14-15(20)8-9-17(18)19/h2-4,6-10,12,14H,5,11,13H2,1H3,(H,21,22). The molecule has 0 bridgehead atoms. The molecule has 136 valence electrons. The van der Waals surface area contributed by atoms with Crippen molar-refractivity contribution in [1.29, 1.82) is 0 Å². The molecule has 0 radical (unpaired) electrons. The topological polar surface area (TPSA) is 62.3 Å². The Hall–Kier alpha value is -2.15. The van der Waals surface area contributed by atoms with E-state index >= 15 is 0 Å². The van der Waals surface area contributed by atoms with Crippen molar-refractivity contribution in [3.8, 4) is 0 Å². The SMILES string of the molecule is CN(CCCNc1ccnc2cc(Cl)ccc12)S(=O)(=O)c1ccccc1. The predicted molar refractivity (Wildman–Crippen MR) is 106 cm³/mol. The van der Waals surface area contributed by atoms with E-state index in [1.165, 1.54) is 4.31 Å². The number of nitrogens with one attached hydrogen (secondary N) is 1. The molecule has 2 aromatic carbocycles. The molecule has 0 fully saturated rings. The normalized spacial score (nSPS) is 11.8. The van der Waals surface area contributed by atoms with Crippen LogP contribution in [-0.4, -0.2) is 37.8 Å². The number of hydrogen-bond donors (Lipinski definition) is 1. The minimum Gasteiger partial charge on any atom is -0.384 e. The van der Waals surface area contributed by atoms with Crippen molar-refractivity contribution in [3.63, 3.8) is 0 Å². The number of fused-ring (bicyclic) bond motifs is 1. The first-order valence-corrected chi connectivity index (χ1v) is 10.1. The van der Waals surface area contributed by atoms with Crippen LogP contribution in [0.3, 0.4) is 0 Å². The number of hydrogen-bond acceptors (Lipinski definition) is 4. The monoisotopic (exact) mass is 389 g/mol. The molecule has 3 rings (SSSR count). The van der Waals surface area contributed by atoms with Crippen LogP contribution in [-0.2, 0) is 10.0 Å². The van der Waals surface area contributed by atoms with Crippen LogP contribution >= 0.6 is 11.6 Å². The fraction of sp³-hybridized carbons (Fsp3) is 0.211. The molecule has 0 saturated heterocycles. The molecule has 7 heteroatoms. The highest BCUT2D eigenvalue weighted by Gasteiger charge is 2.19. The Labute approximate surface area is 158 Å². The zero-order valence-electron chi connectivity index (χ0n) is 14.4. The maximum atomic E-state index is 12.5. The summed E-state index contributed by atoms with van der Waals surface area (Å²) in [6.45, 7) is 1.08. The Morgan fingerprint density at radius 2 is 1.88 bits per heavy atom. The van der Waals surface area contributed by atoms with Gasteiger partial charge in [0.05, 0.1) is 10.4 Å². The van der Waals surface area contributed by atoms with Gasteiger partial charge < -0.3 is 5.32 Å². The Balaban J connectivity index is 1.59. The zero-order chi connectivity index (χ0) is 18.6. The van der Waals surface area contributed by atoms with Crippen LogP contribution in [0.5, 0.6) is 0 Å². The fourth-order valence-electron chi connectivity index (χ4n) is 2.69. The third kappa shape index (κ3) is 4.15. The van der Waals surface area contributed by atoms with E-state index in [0.717, 1.165) is 16.6 Å². The van der Waals surface area contributed by atoms with Crippen LogP contribution in [0.1, 0.15) is 6.42 Å². The Bertz CT molecular complexity index is 994. The van der Waals surface area contributed by atoms with Crippen LogP contribution in [0.4, 0.5) is 5.69 Å². The van der Waals surface area contributed by atoms with Crippen molar-refractivity contribution in [2.24, 2.45) is 0 Å². The summed E-state index contributed by atoms with van der Waals surface area (Å²) in [6.07, 6.45) is 2.41. The van der Waals surface area contributed by atoms with Crippen molar-refractivity contribution in [3.05, 3.63) is 65.8 Å². The lowest BCUT2D eigenvalue weighted by Crippen LogP contribution is -2.29. The van der Waals surface area contributed by atoms with Crippen LogP contribution < -0.4 is 5.32 Å². The van der Waals surface area contributed by atoms with Gasteiger partial charge in [-0.2, -0.15) is 0 Å². The largest absolute Gasteiger partial charge is 0.384 e. The number of rotatable bonds is 7. The summed E-state index contributed by atoms with van der Waals surface area (Å²) in [4.78, 5) is 4.63. The number of anilines is 1.